The molecule has 1 N–H and O–H groups in total. The number of aromatic nitrogens is 3. The quantitative estimate of drug-likeness (QED) is 0.685. The lowest BCUT2D eigenvalue weighted by Crippen LogP contribution is -2.32. The summed E-state index contributed by atoms with van der Waals surface area (Å²) in [6, 6.07) is 10.4. The third kappa shape index (κ3) is 3.98. The number of para-hydroxylation sites is 2. The lowest BCUT2D eigenvalue weighted by Gasteiger charge is -2.05. The second kappa shape index (κ2) is 7.10. The van der Waals surface area contributed by atoms with Gasteiger partial charge < -0.3 is 9.73 Å². The Morgan fingerprint density at radius 1 is 1.26 bits per heavy atom. The van der Waals surface area contributed by atoms with Crippen molar-refractivity contribution in [2.45, 2.75) is 11.8 Å². The maximum absolute atomic E-state index is 11.8. The van der Waals surface area contributed by atoms with Gasteiger partial charge in [-0.25, -0.2) is 9.67 Å². The average molecular weight is 330 g/mol. The molecule has 0 aliphatic rings. The van der Waals surface area contributed by atoms with Crippen molar-refractivity contribution in [3.63, 3.8) is 0 Å². The van der Waals surface area contributed by atoms with Crippen LogP contribution in [0.15, 0.2) is 57.0 Å². The molecule has 1 aromatic carbocycles. The van der Waals surface area contributed by atoms with E-state index >= 15 is 0 Å². The second-order valence-corrected chi connectivity index (χ2v) is 5.60. The Balaban J connectivity index is 1.46. The molecule has 0 atom stereocenters. The molecule has 3 rings (SSSR count). The molecule has 8 heteroatoms. The number of hydrogen-bond donors (Lipinski definition) is 1. The summed E-state index contributed by atoms with van der Waals surface area (Å²) in [5.41, 5.74) is 1.28. The highest BCUT2D eigenvalue weighted by atomic mass is 32.2. The fourth-order valence-corrected chi connectivity index (χ4v) is 2.62. The Labute approximate surface area is 135 Å². The van der Waals surface area contributed by atoms with Gasteiger partial charge in [-0.1, -0.05) is 23.9 Å². The van der Waals surface area contributed by atoms with Crippen LogP contribution >= 0.6 is 11.8 Å². The molecule has 0 spiro atoms. The molecule has 7 nitrogen and oxygen atoms in total. The van der Waals surface area contributed by atoms with E-state index in [1.54, 1.807) is 6.07 Å². The van der Waals surface area contributed by atoms with Crippen LogP contribution in [-0.2, 0) is 11.3 Å². The molecule has 0 bridgehead atoms. The van der Waals surface area contributed by atoms with Crippen molar-refractivity contribution in [1.29, 1.82) is 0 Å². The summed E-state index contributed by atoms with van der Waals surface area (Å²) in [4.78, 5) is 27.5. The minimum atomic E-state index is -0.192. The molecule has 2 heterocycles. The number of hydrogen-bond acceptors (Lipinski definition) is 6. The minimum absolute atomic E-state index is 0.152. The van der Waals surface area contributed by atoms with E-state index in [4.69, 9.17) is 4.42 Å². The van der Waals surface area contributed by atoms with Crippen LogP contribution in [0.4, 0.5) is 0 Å². The van der Waals surface area contributed by atoms with E-state index in [9.17, 15) is 9.59 Å². The molecule has 0 fully saturated rings. The molecule has 23 heavy (non-hydrogen) atoms. The summed E-state index contributed by atoms with van der Waals surface area (Å²) in [6.07, 6.45) is 1.53. The number of benzene rings is 1. The lowest BCUT2D eigenvalue weighted by atomic mass is 10.3. The number of fused-ring (bicyclic) bond motifs is 1. The molecular formula is C15H14N4O3S. The van der Waals surface area contributed by atoms with Gasteiger partial charge in [-0.3, -0.25) is 9.59 Å². The predicted octanol–water partition coefficient (Wildman–Crippen LogP) is 1.29. The van der Waals surface area contributed by atoms with Crippen molar-refractivity contribution < 1.29 is 9.21 Å². The molecule has 0 aliphatic heterocycles. The first-order valence-corrected chi connectivity index (χ1v) is 7.98. The molecule has 3 aromatic rings. The monoisotopic (exact) mass is 330 g/mol. The number of thioether (sulfide) groups is 1. The first-order valence-electron chi connectivity index (χ1n) is 6.99. The summed E-state index contributed by atoms with van der Waals surface area (Å²) in [7, 11) is 0. The van der Waals surface area contributed by atoms with Crippen LogP contribution in [-0.4, -0.2) is 33.0 Å². The number of oxazole rings is 1. The molecule has 0 saturated heterocycles. The third-order valence-electron chi connectivity index (χ3n) is 3.03. The van der Waals surface area contributed by atoms with E-state index in [1.165, 1.54) is 28.7 Å². The van der Waals surface area contributed by atoms with Crippen LogP contribution in [0.3, 0.4) is 0 Å². The van der Waals surface area contributed by atoms with Crippen molar-refractivity contribution in [2.24, 2.45) is 0 Å². The first kappa shape index (κ1) is 15.3. The lowest BCUT2D eigenvalue weighted by molar-refractivity contribution is -0.118. The summed E-state index contributed by atoms with van der Waals surface area (Å²) in [6.45, 7) is 0.669. The van der Waals surface area contributed by atoms with Crippen molar-refractivity contribution in [2.75, 3.05) is 12.3 Å². The summed E-state index contributed by atoms with van der Waals surface area (Å²) in [5.74, 6) is 0.0467. The van der Waals surface area contributed by atoms with E-state index in [2.05, 4.69) is 15.4 Å². The van der Waals surface area contributed by atoms with Gasteiger partial charge >= 0.3 is 0 Å². The average Bonchev–Trinajstić information content (AvgIpc) is 2.98. The highest BCUT2D eigenvalue weighted by molar-refractivity contribution is 7.99. The van der Waals surface area contributed by atoms with Crippen molar-refractivity contribution in [3.05, 3.63) is 52.9 Å². The van der Waals surface area contributed by atoms with Crippen LogP contribution in [0.1, 0.15) is 0 Å². The van der Waals surface area contributed by atoms with Crippen LogP contribution in [0, 0.1) is 0 Å². The van der Waals surface area contributed by atoms with Gasteiger partial charge in [0.15, 0.2) is 5.58 Å². The van der Waals surface area contributed by atoms with Crippen LogP contribution in [0.2, 0.25) is 0 Å². The van der Waals surface area contributed by atoms with Gasteiger partial charge in [-0.2, -0.15) is 5.10 Å². The zero-order chi connectivity index (χ0) is 16.1. The Kier molecular flexibility index (Phi) is 4.72. The normalized spacial score (nSPS) is 10.8. The molecule has 0 aliphatic carbocycles. The van der Waals surface area contributed by atoms with Crippen LogP contribution < -0.4 is 10.9 Å². The predicted molar refractivity (Wildman–Crippen MR) is 86.2 cm³/mol. The minimum Gasteiger partial charge on any atom is -0.431 e. The van der Waals surface area contributed by atoms with E-state index in [1.807, 2.05) is 24.3 Å². The first-order chi connectivity index (χ1) is 11.2. The smallest absolute Gasteiger partial charge is 0.266 e. The van der Waals surface area contributed by atoms with E-state index in [0.717, 1.165) is 5.52 Å². The second-order valence-electron chi connectivity index (χ2n) is 4.67. The fraction of sp³-hybridized carbons (Fsp3) is 0.200. The number of carbonyl (C=O) groups excluding carboxylic acids is 1. The van der Waals surface area contributed by atoms with Gasteiger partial charge in [0, 0.05) is 18.8 Å². The van der Waals surface area contributed by atoms with E-state index < -0.39 is 0 Å². The standard InChI is InChI=1S/C15H14N4O3S/c20-13(16-8-9-19-14(21)6-3-7-17-19)10-23-15-18-11-4-1-2-5-12(11)22-15/h1-7H,8-10H2,(H,16,20). The third-order valence-corrected chi connectivity index (χ3v) is 3.86. The van der Waals surface area contributed by atoms with Crippen LogP contribution in [0.25, 0.3) is 11.1 Å². The molecule has 1 amide bonds. The highest BCUT2D eigenvalue weighted by Gasteiger charge is 2.08. The van der Waals surface area contributed by atoms with Crippen LogP contribution in [0.5, 0.6) is 0 Å². The van der Waals surface area contributed by atoms with E-state index in [0.29, 0.717) is 23.9 Å². The van der Waals surface area contributed by atoms with Gasteiger partial charge in [0.1, 0.15) is 5.52 Å². The highest BCUT2D eigenvalue weighted by Crippen LogP contribution is 2.22. The Hall–Kier alpha value is -2.61. The zero-order valence-electron chi connectivity index (χ0n) is 12.1. The van der Waals surface area contributed by atoms with Crippen molar-refractivity contribution >= 4 is 28.8 Å². The maximum atomic E-state index is 11.8. The number of nitrogens with zero attached hydrogens (tertiary/aromatic N) is 3. The maximum Gasteiger partial charge on any atom is 0.266 e. The SMILES string of the molecule is O=C(CSc1nc2ccccc2o1)NCCn1ncccc1=O. The van der Waals surface area contributed by atoms with Crippen molar-refractivity contribution in [3.8, 4) is 0 Å². The topological polar surface area (TPSA) is 90.0 Å². The summed E-state index contributed by atoms with van der Waals surface area (Å²) < 4.78 is 6.82. The molecule has 0 saturated carbocycles. The van der Waals surface area contributed by atoms with E-state index in [-0.39, 0.29) is 17.2 Å². The van der Waals surface area contributed by atoms with Gasteiger partial charge in [-0.05, 0) is 18.2 Å². The number of rotatable bonds is 6. The molecule has 118 valence electrons. The molecule has 0 radical (unpaired) electrons. The zero-order valence-corrected chi connectivity index (χ0v) is 13.0. The Morgan fingerprint density at radius 3 is 2.96 bits per heavy atom. The van der Waals surface area contributed by atoms with Crippen molar-refractivity contribution in [1.82, 2.24) is 20.1 Å². The number of amides is 1. The Morgan fingerprint density at radius 2 is 2.13 bits per heavy atom. The molecule has 0 unspecified atom stereocenters. The molecule has 2 aromatic heterocycles. The summed E-state index contributed by atoms with van der Waals surface area (Å²) in [5, 5.41) is 7.11. The van der Waals surface area contributed by atoms with Gasteiger partial charge in [0.05, 0.1) is 12.3 Å². The number of carbonyl (C=O) groups is 1. The largest absolute Gasteiger partial charge is 0.431 e. The molecular weight excluding hydrogens is 316 g/mol. The van der Waals surface area contributed by atoms with Gasteiger partial charge in [-0.15, -0.1) is 0 Å². The Bertz CT molecular complexity index is 841. The van der Waals surface area contributed by atoms with Gasteiger partial charge in [0.2, 0.25) is 5.91 Å². The fourth-order valence-electron chi connectivity index (χ4n) is 1.95. The number of nitrogens with one attached hydrogen (secondary N) is 1. The van der Waals surface area contributed by atoms with Gasteiger partial charge in [0.25, 0.3) is 10.8 Å². The summed E-state index contributed by atoms with van der Waals surface area (Å²) >= 11 is 1.23.